The highest BCUT2D eigenvalue weighted by Crippen LogP contribution is 2.32. The molecule has 0 amide bonds. The summed E-state index contributed by atoms with van der Waals surface area (Å²) in [5.41, 5.74) is 2.62. The first-order valence-corrected chi connectivity index (χ1v) is 12.0. The Morgan fingerprint density at radius 1 is 1.05 bits per heavy atom. The van der Waals surface area contributed by atoms with Crippen LogP contribution in [0.5, 0.6) is 5.75 Å². The van der Waals surface area contributed by atoms with Gasteiger partial charge >= 0.3 is 5.97 Å². The molecule has 2 aromatic carbocycles. The summed E-state index contributed by atoms with van der Waals surface area (Å²) in [5, 5.41) is 12.8. The van der Waals surface area contributed by atoms with Crippen molar-refractivity contribution in [2.75, 3.05) is 7.11 Å². The van der Waals surface area contributed by atoms with Crippen molar-refractivity contribution in [3.8, 4) is 5.75 Å². The van der Waals surface area contributed by atoms with E-state index in [4.69, 9.17) is 4.74 Å². The van der Waals surface area contributed by atoms with E-state index >= 15 is 0 Å². The fraction of sp³-hybridized carbons (Fsp3) is 0.207. The number of carbonyl (C=O) groups excluding carboxylic acids is 1. The molecule has 5 aromatic rings. The van der Waals surface area contributed by atoms with Crippen LogP contribution >= 0.6 is 0 Å². The normalized spacial score (nSPS) is 12.2. The van der Waals surface area contributed by atoms with Gasteiger partial charge in [-0.15, -0.1) is 0 Å². The lowest BCUT2D eigenvalue weighted by atomic mass is 9.88. The van der Waals surface area contributed by atoms with Crippen LogP contribution in [-0.4, -0.2) is 32.7 Å². The third kappa shape index (κ3) is 4.53. The highest BCUT2D eigenvalue weighted by molar-refractivity contribution is 5.83. The number of nitrogens with one attached hydrogen (secondary N) is 2. The fourth-order valence-electron chi connectivity index (χ4n) is 4.99. The minimum absolute atomic E-state index is 0.00397. The van der Waals surface area contributed by atoms with E-state index in [1.807, 2.05) is 48.7 Å². The van der Waals surface area contributed by atoms with E-state index in [1.165, 1.54) is 13.2 Å². The third-order valence-corrected chi connectivity index (χ3v) is 6.91. The number of para-hydroxylation sites is 2. The Bertz CT molecular complexity index is 1740. The van der Waals surface area contributed by atoms with Gasteiger partial charge in [-0.25, -0.2) is 0 Å². The van der Waals surface area contributed by atoms with Crippen molar-refractivity contribution in [1.82, 2.24) is 14.5 Å². The van der Waals surface area contributed by atoms with Gasteiger partial charge in [-0.3, -0.25) is 14.4 Å². The SMILES string of the molecule is COC(=O)C[C@H](c1cc2ccccc2[nH]c1=O)c1c(O)cc(C)n(CCc2c[nH]c3ccccc23)c1=O. The van der Waals surface area contributed by atoms with E-state index < -0.39 is 23.0 Å². The number of H-pyrrole nitrogens is 2. The quantitative estimate of drug-likeness (QED) is 0.293. The molecule has 5 rings (SSSR count). The number of nitrogens with zero attached hydrogens (tertiary/aromatic N) is 1. The molecule has 0 saturated carbocycles. The van der Waals surface area contributed by atoms with E-state index in [9.17, 15) is 19.5 Å². The van der Waals surface area contributed by atoms with Gasteiger partial charge in [0.25, 0.3) is 11.1 Å². The number of fused-ring (bicyclic) bond motifs is 2. The minimum atomic E-state index is -0.992. The molecule has 0 radical (unpaired) electrons. The molecule has 0 saturated heterocycles. The van der Waals surface area contributed by atoms with Crippen LogP contribution < -0.4 is 11.1 Å². The van der Waals surface area contributed by atoms with Gasteiger partial charge in [0.2, 0.25) is 0 Å². The van der Waals surface area contributed by atoms with Gasteiger partial charge in [-0.05, 0) is 48.6 Å². The predicted octanol–water partition coefficient (Wildman–Crippen LogP) is 4.12. The molecule has 37 heavy (non-hydrogen) atoms. The maximum Gasteiger partial charge on any atom is 0.306 e. The lowest BCUT2D eigenvalue weighted by Crippen LogP contribution is -2.31. The van der Waals surface area contributed by atoms with E-state index in [1.54, 1.807) is 23.6 Å². The van der Waals surface area contributed by atoms with Gasteiger partial charge in [-0.1, -0.05) is 36.4 Å². The van der Waals surface area contributed by atoms with Crippen molar-refractivity contribution in [1.29, 1.82) is 0 Å². The molecule has 0 unspecified atom stereocenters. The van der Waals surface area contributed by atoms with Crippen LogP contribution in [0.15, 0.2) is 76.4 Å². The Balaban J connectivity index is 1.61. The average Bonchev–Trinajstić information content (AvgIpc) is 3.30. The number of esters is 1. The molecule has 0 spiro atoms. The molecular weight excluding hydrogens is 470 g/mol. The monoisotopic (exact) mass is 497 g/mol. The van der Waals surface area contributed by atoms with Crippen LogP contribution in [0.4, 0.5) is 0 Å². The molecular formula is C29H27N3O5. The number of hydrogen-bond donors (Lipinski definition) is 3. The van der Waals surface area contributed by atoms with Crippen molar-refractivity contribution in [3.05, 3.63) is 110 Å². The Kier molecular flexibility index (Phi) is 6.40. The number of aromatic hydroxyl groups is 1. The van der Waals surface area contributed by atoms with Gasteiger partial charge in [0, 0.05) is 46.3 Å². The number of pyridine rings is 2. The molecule has 0 bridgehead atoms. The Labute approximate surface area is 212 Å². The second-order valence-corrected chi connectivity index (χ2v) is 9.12. The zero-order chi connectivity index (χ0) is 26.1. The van der Waals surface area contributed by atoms with Gasteiger partial charge in [0.05, 0.1) is 19.1 Å². The highest BCUT2D eigenvalue weighted by Gasteiger charge is 2.29. The first-order chi connectivity index (χ1) is 17.9. The van der Waals surface area contributed by atoms with E-state index in [0.29, 0.717) is 24.2 Å². The van der Waals surface area contributed by atoms with Crippen molar-refractivity contribution in [2.45, 2.75) is 32.2 Å². The summed E-state index contributed by atoms with van der Waals surface area (Å²) in [6, 6.07) is 18.4. The number of benzene rings is 2. The lowest BCUT2D eigenvalue weighted by Gasteiger charge is -2.20. The maximum atomic E-state index is 13.8. The summed E-state index contributed by atoms with van der Waals surface area (Å²) in [6.07, 6.45) is 2.24. The number of aryl methyl sites for hydroxylation is 2. The van der Waals surface area contributed by atoms with Crippen LogP contribution in [0.1, 0.15) is 34.7 Å². The minimum Gasteiger partial charge on any atom is -0.507 e. The zero-order valence-corrected chi connectivity index (χ0v) is 20.6. The van der Waals surface area contributed by atoms with Crippen LogP contribution in [0.25, 0.3) is 21.8 Å². The zero-order valence-electron chi connectivity index (χ0n) is 20.6. The lowest BCUT2D eigenvalue weighted by molar-refractivity contribution is -0.140. The molecule has 0 fully saturated rings. The summed E-state index contributed by atoms with van der Waals surface area (Å²) in [7, 11) is 1.25. The van der Waals surface area contributed by atoms with Gasteiger partial charge < -0.3 is 24.4 Å². The Morgan fingerprint density at radius 2 is 1.78 bits per heavy atom. The van der Waals surface area contributed by atoms with Crippen molar-refractivity contribution < 1.29 is 14.6 Å². The highest BCUT2D eigenvalue weighted by atomic mass is 16.5. The van der Waals surface area contributed by atoms with E-state index in [0.717, 1.165) is 21.9 Å². The number of ether oxygens (including phenoxy) is 1. The predicted molar refractivity (Wildman–Crippen MR) is 142 cm³/mol. The number of aromatic nitrogens is 3. The second kappa shape index (κ2) is 9.81. The number of methoxy groups -OCH3 is 1. The van der Waals surface area contributed by atoms with E-state index in [2.05, 4.69) is 9.97 Å². The van der Waals surface area contributed by atoms with Crippen molar-refractivity contribution in [3.63, 3.8) is 0 Å². The van der Waals surface area contributed by atoms with Gasteiger partial charge in [0.15, 0.2) is 0 Å². The van der Waals surface area contributed by atoms with Crippen molar-refractivity contribution in [2.24, 2.45) is 0 Å². The molecule has 3 heterocycles. The largest absolute Gasteiger partial charge is 0.507 e. The number of carbonyl (C=O) groups is 1. The first-order valence-electron chi connectivity index (χ1n) is 12.0. The second-order valence-electron chi connectivity index (χ2n) is 9.12. The number of hydrogen-bond acceptors (Lipinski definition) is 5. The third-order valence-electron chi connectivity index (χ3n) is 6.91. The van der Waals surface area contributed by atoms with Crippen LogP contribution in [-0.2, 0) is 22.5 Å². The van der Waals surface area contributed by atoms with E-state index in [-0.39, 0.29) is 23.3 Å². The molecule has 0 aliphatic rings. The molecule has 0 aliphatic heterocycles. The first kappa shape index (κ1) is 24.1. The Hall–Kier alpha value is -4.59. The van der Waals surface area contributed by atoms with Gasteiger partial charge in [0.1, 0.15) is 5.75 Å². The summed E-state index contributed by atoms with van der Waals surface area (Å²) >= 11 is 0. The average molecular weight is 498 g/mol. The summed E-state index contributed by atoms with van der Waals surface area (Å²) < 4.78 is 6.46. The molecule has 3 aromatic heterocycles. The molecule has 8 heteroatoms. The number of rotatable bonds is 7. The molecule has 0 aliphatic carbocycles. The topological polar surface area (TPSA) is 117 Å². The molecule has 8 nitrogen and oxygen atoms in total. The summed E-state index contributed by atoms with van der Waals surface area (Å²) in [6.45, 7) is 2.11. The van der Waals surface area contributed by atoms with Crippen molar-refractivity contribution >= 4 is 27.8 Å². The molecule has 3 N–H and O–H groups in total. The van der Waals surface area contributed by atoms with Crippen LogP contribution in [0, 0.1) is 6.92 Å². The summed E-state index contributed by atoms with van der Waals surface area (Å²) in [5.74, 6) is -1.84. The standard InChI is InChI=1S/C29H27N3O5/c1-17-13-25(33)27(29(36)32(17)12-11-19-16-30-24-10-6-4-8-20(19)24)21(15-26(34)37-2)22-14-18-7-3-5-9-23(18)31-28(22)35/h3-10,13-14,16,21,30,33H,11-12,15H2,1-2H3,(H,31,35)/t21-/m1/s1. The Morgan fingerprint density at radius 3 is 2.57 bits per heavy atom. The molecule has 188 valence electrons. The van der Waals surface area contributed by atoms with Crippen LogP contribution in [0.2, 0.25) is 0 Å². The number of aromatic amines is 2. The van der Waals surface area contributed by atoms with Crippen LogP contribution in [0.3, 0.4) is 0 Å². The fourth-order valence-corrected chi connectivity index (χ4v) is 4.99. The maximum absolute atomic E-state index is 13.8. The smallest absolute Gasteiger partial charge is 0.306 e. The summed E-state index contributed by atoms with van der Waals surface area (Å²) in [4.78, 5) is 45.4. The van der Waals surface area contributed by atoms with Gasteiger partial charge in [-0.2, -0.15) is 0 Å². The molecule has 1 atom stereocenters.